The minimum Gasteiger partial charge on any atom is -0.411 e. The zero-order valence-corrected chi connectivity index (χ0v) is 10.9. The zero-order chi connectivity index (χ0) is 14.5. The lowest BCUT2D eigenvalue weighted by molar-refractivity contribution is -0.389. The number of nitro groups is 1. The summed E-state index contributed by atoms with van der Waals surface area (Å²) in [4.78, 5) is 25.9. The predicted molar refractivity (Wildman–Crippen MR) is 71.7 cm³/mol. The van der Waals surface area contributed by atoms with Gasteiger partial charge in [-0.25, -0.2) is 4.79 Å². The number of primary amides is 1. The summed E-state index contributed by atoms with van der Waals surface area (Å²) in [5.74, 6) is 0.156. The van der Waals surface area contributed by atoms with Gasteiger partial charge in [0.1, 0.15) is 5.75 Å². The van der Waals surface area contributed by atoms with Crippen molar-refractivity contribution in [1.29, 1.82) is 0 Å². The van der Waals surface area contributed by atoms with E-state index in [9.17, 15) is 14.9 Å². The monoisotopic (exact) mass is 291 g/mol. The SMILES string of the molecule is NC(=O)Oc1ccc(Sc2ccc([N+](=O)[O-])nc2)cc1. The topological polar surface area (TPSA) is 108 Å². The number of pyridine rings is 1. The van der Waals surface area contributed by atoms with Crippen LogP contribution < -0.4 is 10.5 Å². The third-order valence-corrected chi connectivity index (χ3v) is 3.17. The van der Waals surface area contributed by atoms with E-state index >= 15 is 0 Å². The Bertz CT molecular complexity index is 628. The Hall–Kier alpha value is -2.61. The predicted octanol–water partition coefficient (Wildman–Crippen LogP) is 2.60. The number of ether oxygens (including phenoxy) is 1. The summed E-state index contributed by atoms with van der Waals surface area (Å²) in [6.07, 6.45) is 0.557. The van der Waals surface area contributed by atoms with Gasteiger partial charge in [-0.1, -0.05) is 11.8 Å². The van der Waals surface area contributed by atoms with E-state index in [2.05, 4.69) is 4.98 Å². The molecule has 0 fully saturated rings. The lowest BCUT2D eigenvalue weighted by Gasteiger charge is -2.03. The summed E-state index contributed by atoms with van der Waals surface area (Å²) in [5, 5.41) is 10.5. The van der Waals surface area contributed by atoms with Gasteiger partial charge in [-0.15, -0.1) is 0 Å². The molecule has 0 saturated carbocycles. The lowest BCUT2D eigenvalue weighted by Crippen LogP contribution is -2.16. The van der Waals surface area contributed by atoms with Crippen LogP contribution in [-0.2, 0) is 0 Å². The Morgan fingerprint density at radius 3 is 2.35 bits per heavy atom. The van der Waals surface area contributed by atoms with Gasteiger partial charge < -0.3 is 20.6 Å². The fourth-order valence-corrected chi connectivity index (χ4v) is 2.15. The summed E-state index contributed by atoms with van der Waals surface area (Å²) in [6.45, 7) is 0. The van der Waals surface area contributed by atoms with Crippen LogP contribution in [0.1, 0.15) is 0 Å². The third kappa shape index (κ3) is 3.69. The standard InChI is InChI=1S/C12H9N3O4S/c13-12(16)19-8-1-3-9(4-2-8)20-10-5-6-11(14-7-10)15(17)18/h1-7H,(H2,13,16). The number of rotatable bonds is 4. The minimum absolute atomic E-state index is 0.195. The fraction of sp³-hybridized carbons (Fsp3) is 0. The molecule has 1 aromatic carbocycles. The molecular weight excluding hydrogens is 282 g/mol. The minimum atomic E-state index is -0.870. The number of amides is 1. The summed E-state index contributed by atoms with van der Waals surface area (Å²) < 4.78 is 4.70. The highest BCUT2D eigenvalue weighted by Crippen LogP contribution is 2.29. The fourth-order valence-electron chi connectivity index (χ4n) is 1.37. The van der Waals surface area contributed by atoms with E-state index in [1.54, 1.807) is 30.3 Å². The van der Waals surface area contributed by atoms with Gasteiger partial charge in [0, 0.05) is 11.0 Å². The highest BCUT2D eigenvalue weighted by molar-refractivity contribution is 7.99. The Labute approximate surface area is 117 Å². The molecule has 8 heteroatoms. The van der Waals surface area contributed by atoms with Gasteiger partial charge in [0.15, 0.2) is 6.20 Å². The van der Waals surface area contributed by atoms with Gasteiger partial charge in [0.2, 0.25) is 0 Å². The maximum atomic E-state index is 10.6. The first kappa shape index (κ1) is 13.8. The van der Waals surface area contributed by atoms with E-state index in [0.29, 0.717) is 5.75 Å². The molecule has 102 valence electrons. The lowest BCUT2D eigenvalue weighted by atomic mass is 10.3. The largest absolute Gasteiger partial charge is 0.411 e. The highest BCUT2D eigenvalue weighted by Gasteiger charge is 2.07. The number of nitrogens with two attached hydrogens (primary N) is 1. The summed E-state index contributed by atoms with van der Waals surface area (Å²) in [6, 6.07) is 9.64. The average Bonchev–Trinajstić information content (AvgIpc) is 2.41. The molecule has 2 N–H and O–H groups in total. The maximum absolute atomic E-state index is 10.6. The van der Waals surface area contributed by atoms with Crippen LogP contribution in [0.4, 0.5) is 10.6 Å². The first-order valence-electron chi connectivity index (χ1n) is 5.40. The molecule has 0 saturated heterocycles. The number of hydrogen-bond acceptors (Lipinski definition) is 6. The van der Waals surface area contributed by atoms with E-state index in [-0.39, 0.29) is 5.82 Å². The Balaban J connectivity index is 2.06. The number of benzene rings is 1. The van der Waals surface area contributed by atoms with Gasteiger partial charge in [-0.05, 0) is 40.2 Å². The van der Waals surface area contributed by atoms with Gasteiger partial charge in [0.25, 0.3) is 0 Å². The molecule has 7 nitrogen and oxygen atoms in total. The van der Waals surface area contributed by atoms with E-state index < -0.39 is 11.0 Å². The first-order valence-corrected chi connectivity index (χ1v) is 6.22. The second-order valence-corrected chi connectivity index (χ2v) is 4.75. The molecule has 0 unspecified atom stereocenters. The van der Waals surface area contributed by atoms with E-state index in [4.69, 9.17) is 10.5 Å². The number of nitrogens with zero attached hydrogens (tertiary/aromatic N) is 2. The van der Waals surface area contributed by atoms with Crippen LogP contribution in [0.2, 0.25) is 0 Å². The van der Waals surface area contributed by atoms with Crippen molar-refractivity contribution in [2.24, 2.45) is 5.73 Å². The smallest absolute Gasteiger partial charge is 0.409 e. The van der Waals surface area contributed by atoms with E-state index in [1.165, 1.54) is 24.0 Å². The molecule has 0 aliphatic rings. The van der Waals surface area contributed by atoms with Crippen molar-refractivity contribution in [1.82, 2.24) is 4.98 Å². The molecule has 2 rings (SSSR count). The van der Waals surface area contributed by atoms with Gasteiger partial charge in [0.05, 0.1) is 4.90 Å². The summed E-state index contributed by atoms with van der Waals surface area (Å²) in [7, 11) is 0. The first-order chi connectivity index (χ1) is 9.54. The van der Waals surface area contributed by atoms with Gasteiger partial charge in [-0.3, -0.25) is 0 Å². The van der Waals surface area contributed by atoms with E-state index in [0.717, 1.165) is 9.79 Å². The van der Waals surface area contributed by atoms with Crippen molar-refractivity contribution in [2.45, 2.75) is 9.79 Å². The molecule has 1 aromatic heterocycles. The van der Waals surface area contributed by atoms with E-state index in [1.807, 2.05) is 0 Å². The number of hydrogen-bond donors (Lipinski definition) is 1. The third-order valence-electron chi connectivity index (χ3n) is 2.19. The second-order valence-electron chi connectivity index (χ2n) is 3.60. The second kappa shape index (κ2) is 6.02. The Morgan fingerprint density at radius 1 is 1.20 bits per heavy atom. The molecule has 20 heavy (non-hydrogen) atoms. The van der Waals surface area contributed by atoms with Crippen LogP contribution in [0.15, 0.2) is 52.4 Å². The van der Waals surface area contributed by atoms with Crippen molar-refractivity contribution in [2.75, 3.05) is 0 Å². The number of carbonyl (C=O) groups excluding carboxylic acids is 1. The van der Waals surface area contributed by atoms with Gasteiger partial charge in [-0.2, -0.15) is 0 Å². The van der Waals surface area contributed by atoms with Crippen LogP contribution in [-0.4, -0.2) is 16.0 Å². The van der Waals surface area contributed by atoms with Crippen LogP contribution in [0.5, 0.6) is 5.75 Å². The molecule has 0 aliphatic carbocycles. The van der Waals surface area contributed by atoms with Crippen LogP contribution in [0.25, 0.3) is 0 Å². The molecule has 0 bridgehead atoms. The zero-order valence-electron chi connectivity index (χ0n) is 10.1. The van der Waals surface area contributed by atoms with Crippen LogP contribution >= 0.6 is 11.8 Å². The molecule has 0 atom stereocenters. The van der Waals surface area contributed by atoms with Crippen molar-refractivity contribution in [3.63, 3.8) is 0 Å². The van der Waals surface area contributed by atoms with Crippen LogP contribution in [0, 0.1) is 10.1 Å². The Kier molecular flexibility index (Phi) is 4.16. The molecule has 2 aromatic rings. The molecule has 0 aliphatic heterocycles. The van der Waals surface area contributed by atoms with Crippen molar-refractivity contribution < 1.29 is 14.5 Å². The van der Waals surface area contributed by atoms with Crippen molar-refractivity contribution in [3.8, 4) is 5.75 Å². The maximum Gasteiger partial charge on any atom is 0.409 e. The molecule has 1 amide bonds. The Morgan fingerprint density at radius 2 is 1.85 bits per heavy atom. The number of carbonyl (C=O) groups is 1. The summed E-state index contributed by atoms with van der Waals surface area (Å²) >= 11 is 1.38. The number of aromatic nitrogens is 1. The van der Waals surface area contributed by atoms with Crippen molar-refractivity contribution in [3.05, 3.63) is 52.7 Å². The molecule has 0 radical (unpaired) electrons. The molecule has 1 heterocycles. The molecule has 0 spiro atoms. The van der Waals surface area contributed by atoms with Gasteiger partial charge >= 0.3 is 11.9 Å². The van der Waals surface area contributed by atoms with Crippen LogP contribution in [0.3, 0.4) is 0 Å². The normalized spacial score (nSPS) is 10.0. The quantitative estimate of drug-likeness (QED) is 0.685. The highest BCUT2D eigenvalue weighted by atomic mass is 32.2. The van der Waals surface area contributed by atoms with Crippen molar-refractivity contribution >= 4 is 23.7 Å². The summed E-state index contributed by atoms with van der Waals surface area (Å²) in [5.41, 5.74) is 4.89. The average molecular weight is 291 g/mol. The molecular formula is C12H9N3O4S.